The van der Waals surface area contributed by atoms with Crippen molar-refractivity contribution >= 4 is 0 Å². The van der Waals surface area contributed by atoms with Crippen LogP contribution in [0.3, 0.4) is 0 Å². The zero-order valence-electron chi connectivity index (χ0n) is 10.5. The topological polar surface area (TPSA) is 15.3 Å². The van der Waals surface area contributed by atoms with Gasteiger partial charge in [-0.25, -0.2) is 0 Å². The minimum absolute atomic E-state index is 0.487. The molecule has 2 nitrogen and oxygen atoms in total. The first-order valence-electron chi connectivity index (χ1n) is 6.13. The number of aryl methyl sites for hydroxylation is 1. The molecular formula is C14H22N2. The Morgan fingerprint density at radius 2 is 1.88 bits per heavy atom. The number of benzene rings is 1. The standard InChI is InChI=1S/C14H22N2/c1-11-4-6-12(7-5-11)14(16(2)3)10-15-13-8-9-13/h4-7,13-15H,8-10H2,1-3H3. The molecular weight excluding hydrogens is 196 g/mol. The van der Waals surface area contributed by atoms with Gasteiger partial charge in [-0.1, -0.05) is 29.8 Å². The summed E-state index contributed by atoms with van der Waals surface area (Å²) in [6.07, 6.45) is 2.71. The quantitative estimate of drug-likeness (QED) is 0.816. The van der Waals surface area contributed by atoms with Gasteiger partial charge in [-0.2, -0.15) is 0 Å². The Morgan fingerprint density at radius 1 is 1.25 bits per heavy atom. The molecule has 2 heteroatoms. The third-order valence-corrected chi connectivity index (χ3v) is 3.26. The van der Waals surface area contributed by atoms with Gasteiger partial charge < -0.3 is 10.2 Å². The highest BCUT2D eigenvalue weighted by Crippen LogP contribution is 2.22. The van der Waals surface area contributed by atoms with Gasteiger partial charge in [0.05, 0.1) is 0 Å². The minimum Gasteiger partial charge on any atom is -0.312 e. The molecule has 0 bridgehead atoms. The normalized spacial score (nSPS) is 17.8. The zero-order chi connectivity index (χ0) is 11.5. The Bertz CT molecular complexity index is 325. The van der Waals surface area contributed by atoms with Crippen LogP contribution in [0.25, 0.3) is 0 Å². The molecule has 1 aromatic carbocycles. The van der Waals surface area contributed by atoms with Gasteiger partial charge in [-0.05, 0) is 39.4 Å². The van der Waals surface area contributed by atoms with E-state index in [1.807, 2.05) is 0 Å². The lowest BCUT2D eigenvalue weighted by Crippen LogP contribution is -2.32. The lowest BCUT2D eigenvalue weighted by Gasteiger charge is -2.25. The summed E-state index contributed by atoms with van der Waals surface area (Å²) >= 11 is 0. The van der Waals surface area contributed by atoms with Crippen molar-refractivity contribution in [2.75, 3.05) is 20.6 Å². The predicted molar refractivity (Wildman–Crippen MR) is 68.6 cm³/mol. The van der Waals surface area contributed by atoms with Crippen LogP contribution < -0.4 is 5.32 Å². The number of rotatable bonds is 5. The Balaban J connectivity index is 2.01. The van der Waals surface area contributed by atoms with Crippen molar-refractivity contribution in [2.45, 2.75) is 31.8 Å². The lowest BCUT2D eigenvalue weighted by atomic mass is 10.0. The van der Waals surface area contributed by atoms with Crippen molar-refractivity contribution in [3.63, 3.8) is 0 Å². The van der Waals surface area contributed by atoms with Crippen LogP contribution in [0, 0.1) is 6.92 Å². The molecule has 0 aromatic heterocycles. The largest absolute Gasteiger partial charge is 0.312 e. The van der Waals surface area contributed by atoms with E-state index >= 15 is 0 Å². The number of hydrogen-bond acceptors (Lipinski definition) is 2. The molecule has 1 atom stereocenters. The van der Waals surface area contributed by atoms with E-state index in [1.54, 1.807) is 0 Å². The fourth-order valence-electron chi connectivity index (χ4n) is 1.95. The number of hydrogen-bond donors (Lipinski definition) is 1. The van der Waals surface area contributed by atoms with E-state index in [2.05, 4.69) is 55.5 Å². The van der Waals surface area contributed by atoms with Crippen molar-refractivity contribution in [3.05, 3.63) is 35.4 Å². The summed E-state index contributed by atoms with van der Waals surface area (Å²) in [6.45, 7) is 3.19. The van der Waals surface area contributed by atoms with E-state index in [0.29, 0.717) is 6.04 Å². The first-order chi connectivity index (χ1) is 7.66. The lowest BCUT2D eigenvalue weighted by molar-refractivity contribution is 0.288. The average molecular weight is 218 g/mol. The summed E-state index contributed by atoms with van der Waals surface area (Å²) in [5.74, 6) is 0. The summed E-state index contributed by atoms with van der Waals surface area (Å²) in [4.78, 5) is 2.29. The second-order valence-corrected chi connectivity index (χ2v) is 5.07. The second kappa shape index (κ2) is 4.98. The van der Waals surface area contributed by atoms with Crippen LogP contribution in [-0.2, 0) is 0 Å². The van der Waals surface area contributed by atoms with E-state index in [9.17, 15) is 0 Å². The van der Waals surface area contributed by atoms with Crippen molar-refractivity contribution in [1.29, 1.82) is 0 Å². The van der Waals surface area contributed by atoms with Crippen LogP contribution in [-0.4, -0.2) is 31.6 Å². The molecule has 1 N–H and O–H groups in total. The molecule has 1 unspecified atom stereocenters. The Hall–Kier alpha value is -0.860. The fourth-order valence-corrected chi connectivity index (χ4v) is 1.95. The van der Waals surface area contributed by atoms with E-state index in [1.165, 1.54) is 24.0 Å². The smallest absolute Gasteiger partial charge is 0.0466 e. The van der Waals surface area contributed by atoms with Gasteiger partial charge in [0, 0.05) is 18.6 Å². The SMILES string of the molecule is Cc1ccc(C(CNC2CC2)N(C)C)cc1. The molecule has 2 rings (SSSR count). The molecule has 0 aliphatic heterocycles. The van der Waals surface area contributed by atoms with Gasteiger partial charge in [0.15, 0.2) is 0 Å². The molecule has 16 heavy (non-hydrogen) atoms. The van der Waals surface area contributed by atoms with Gasteiger partial charge >= 0.3 is 0 Å². The van der Waals surface area contributed by atoms with E-state index < -0.39 is 0 Å². The maximum Gasteiger partial charge on any atom is 0.0466 e. The van der Waals surface area contributed by atoms with Gasteiger partial charge in [-0.15, -0.1) is 0 Å². The Labute approximate surface area is 98.7 Å². The summed E-state index contributed by atoms with van der Waals surface area (Å²) in [7, 11) is 4.30. The second-order valence-electron chi connectivity index (χ2n) is 5.07. The molecule has 1 fully saturated rings. The van der Waals surface area contributed by atoms with Crippen LogP contribution in [0.4, 0.5) is 0 Å². The van der Waals surface area contributed by atoms with E-state index in [0.717, 1.165) is 12.6 Å². The highest BCUT2D eigenvalue weighted by atomic mass is 15.1. The number of nitrogens with one attached hydrogen (secondary N) is 1. The molecule has 1 aliphatic carbocycles. The third-order valence-electron chi connectivity index (χ3n) is 3.26. The van der Waals surface area contributed by atoms with Crippen LogP contribution in [0.15, 0.2) is 24.3 Å². The summed E-state index contributed by atoms with van der Waals surface area (Å²) in [6, 6.07) is 10.2. The molecule has 1 aromatic rings. The number of likely N-dealkylation sites (N-methyl/N-ethyl adjacent to an activating group) is 1. The fraction of sp³-hybridized carbons (Fsp3) is 0.571. The molecule has 0 amide bonds. The third kappa shape index (κ3) is 3.06. The van der Waals surface area contributed by atoms with Gasteiger partial charge in [0.2, 0.25) is 0 Å². The van der Waals surface area contributed by atoms with E-state index in [-0.39, 0.29) is 0 Å². The molecule has 1 saturated carbocycles. The average Bonchev–Trinajstić information content (AvgIpc) is 3.04. The van der Waals surface area contributed by atoms with Crippen molar-refractivity contribution in [3.8, 4) is 0 Å². The molecule has 0 spiro atoms. The predicted octanol–water partition coefficient (Wildman–Crippen LogP) is 2.35. The highest BCUT2D eigenvalue weighted by molar-refractivity contribution is 5.24. The molecule has 0 saturated heterocycles. The van der Waals surface area contributed by atoms with Crippen LogP contribution in [0.5, 0.6) is 0 Å². The highest BCUT2D eigenvalue weighted by Gasteiger charge is 2.23. The van der Waals surface area contributed by atoms with Crippen molar-refractivity contribution in [1.82, 2.24) is 10.2 Å². The number of nitrogens with zero attached hydrogens (tertiary/aromatic N) is 1. The first-order valence-corrected chi connectivity index (χ1v) is 6.13. The summed E-state index contributed by atoms with van der Waals surface area (Å²) < 4.78 is 0. The molecule has 88 valence electrons. The minimum atomic E-state index is 0.487. The Kier molecular flexibility index (Phi) is 3.62. The first kappa shape index (κ1) is 11.6. The van der Waals surface area contributed by atoms with Gasteiger partial charge in [0.1, 0.15) is 0 Å². The van der Waals surface area contributed by atoms with Crippen molar-refractivity contribution < 1.29 is 0 Å². The Morgan fingerprint density at radius 3 is 2.38 bits per heavy atom. The monoisotopic (exact) mass is 218 g/mol. The van der Waals surface area contributed by atoms with Gasteiger partial charge in [0.25, 0.3) is 0 Å². The van der Waals surface area contributed by atoms with Crippen LogP contribution >= 0.6 is 0 Å². The molecule has 1 aliphatic rings. The summed E-state index contributed by atoms with van der Waals surface area (Å²) in [5.41, 5.74) is 2.74. The molecule has 0 radical (unpaired) electrons. The van der Waals surface area contributed by atoms with Gasteiger partial charge in [-0.3, -0.25) is 0 Å². The van der Waals surface area contributed by atoms with Crippen LogP contribution in [0.2, 0.25) is 0 Å². The maximum absolute atomic E-state index is 3.61. The summed E-state index contributed by atoms with van der Waals surface area (Å²) in [5, 5.41) is 3.61. The van der Waals surface area contributed by atoms with Crippen molar-refractivity contribution in [2.24, 2.45) is 0 Å². The van der Waals surface area contributed by atoms with Crippen LogP contribution in [0.1, 0.15) is 30.0 Å². The maximum atomic E-state index is 3.61. The molecule has 0 heterocycles. The zero-order valence-corrected chi connectivity index (χ0v) is 10.5. The van der Waals surface area contributed by atoms with E-state index in [4.69, 9.17) is 0 Å².